The predicted octanol–water partition coefficient (Wildman–Crippen LogP) is 4.79. The molecule has 0 N–H and O–H groups in total. The molecule has 5 nitrogen and oxygen atoms in total. The lowest BCUT2D eigenvalue weighted by Gasteiger charge is -2.24. The number of halogens is 2. The van der Waals surface area contributed by atoms with Crippen LogP contribution in [0.5, 0.6) is 0 Å². The first kappa shape index (κ1) is 18.4. The van der Waals surface area contributed by atoms with Crippen LogP contribution in [0.3, 0.4) is 0 Å². The molecule has 0 bridgehead atoms. The van der Waals surface area contributed by atoms with Gasteiger partial charge in [-0.1, -0.05) is 36.5 Å². The Morgan fingerprint density at radius 2 is 2.05 bits per heavy atom. The monoisotopic (exact) mass is 352 g/mol. The van der Waals surface area contributed by atoms with Crippen LogP contribution in [0, 0.1) is 0 Å². The highest BCUT2D eigenvalue weighted by Crippen LogP contribution is 2.31. The molecule has 0 aliphatic rings. The number of hydrogen-bond donors (Lipinski definition) is 0. The molecule has 0 spiro atoms. The molecule has 2 amide bonds. The van der Waals surface area contributed by atoms with Crippen molar-refractivity contribution in [3.63, 3.8) is 0 Å². The van der Waals surface area contributed by atoms with Gasteiger partial charge in [-0.05, 0) is 24.6 Å². The van der Waals surface area contributed by atoms with Gasteiger partial charge >= 0.3 is 6.03 Å². The molecule has 0 saturated heterocycles. The molecule has 0 atom stereocenters. The third kappa shape index (κ3) is 5.56. The predicted molar refractivity (Wildman–Crippen MR) is 87.6 cm³/mol. The smallest absolute Gasteiger partial charge is 0.296 e. The standard InChI is InChI=1S/C13H18Cl2N2O3S/c1-4-5-8-20-21-17(13(18)16(2)19-3)10-6-7-11(14)12(15)9-10/h6-7,9H,4-5,8H2,1-3H3. The number of carbonyl (C=O) groups is 1. The summed E-state index contributed by atoms with van der Waals surface area (Å²) < 4.78 is 6.79. The first-order valence-electron chi connectivity index (χ1n) is 6.37. The molecule has 118 valence electrons. The topological polar surface area (TPSA) is 42.0 Å². The molecule has 0 fully saturated rings. The van der Waals surface area contributed by atoms with Gasteiger partial charge in [0.2, 0.25) is 0 Å². The van der Waals surface area contributed by atoms with Crippen molar-refractivity contribution in [2.45, 2.75) is 19.8 Å². The summed E-state index contributed by atoms with van der Waals surface area (Å²) in [6.07, 6.45) is 1.93. The minimum absolute atomic E-state index is 0.362. The number of hydroxylamine groups is 2. The van der Waals surface area contributed by atoms with Gasteiger partial charge in [-0.2, -0.15) is 0 Å². The summed E-state index contributed by atoms with van der Waals surface area (Å²) in [6, 6.07) is 4.52. The van der Waals surface area contributed by atoms with Crippen molar-refractivity contribution in [2.75, 3.05) is 25.1 Å². The zero-order valence-corrected chi connectivity index (χ0v) is 14.5. The number of carbonyl (C=O) groups excluding carboxylic acids is 1. The van der Waals surface area contributed by atoms with Gasteiger partial charge in [0, 0.05) is 7.05 Å². The van der Waals surface area contributed by atoms with Crippen LogP contribution in [0.2, 0.25) is 10.0 Å². The van der Waals surface area contributed by atoms with Gasteiger partial charge in [0.05, 0.1) is 29.4 Å². The van der Waals surface area contributed by atoms with Gasteiger partial charge in [0.1, 0.15) is 12.2 Å². The second-order valence-electron chi connectivity index (χ2n) is 4.11. The van der Waals surface area contributed by atoms with Crippen LogP contribution in [0.15, 0.2) is 18.2 Å². The summed E-state index contributed by atoms with van der Waals surface area (Å²) in [5, 5.41) is 1.88. The number of amides is 2. The third-order valence-electron chi connectivity index (χ3n) is 2.56. The Bertz CT molecular complexity index is 477. The lowest BCUT2D eigenvalue weighted by atomic mass is 10.3. The number of urea groups is 1. The maximum Gasteiger partial charge on any atom is 0.360 e. The summed E-state index contributed by atoms with van der Waals surface area (Å²) in [7, 11) is 2.92. The molecule has 1 aromatic rings. The first-order valence-corrected chi connectivity index (χ1v) is 7.83. The van der Waals surface area contributed by atoms with Gasteiger partial charge < -0.3 is 0 Å². The van der Waals surface area contributed by atoms with E-state index < -0.39 is 6.03 Å². The Hall–Kier alpha value is -0.660. The van der Waals surface area contributed by atoms with Gasteiger partial charge in [-0.15, -0.1) is 0 Å². The molecule has 0 aliphatic heterocycles. The van der Waals surface area contributed by atoms with Crippen molar-refractivity contribution >= 4 is 47.1 Å². The first-order chi connectivity index (χ1) is 10.0. The number of anilines is 1. The minimum Gasteiger partial charge on any atom is -0.296 e. The fourth-order valence-electron chi connectivity index (χ4n) is 1.30. The number of rotatable bonds is 7. The average Bonchev–Trinajstić information content (AvgIpc) is 2.49. The zero-order valence-electron chi connectivity index (χ0n) is 12.1. The molecule has 0 saturated carbocycles. The van der Waals surface area contributed by atoms with E-state index >= 15 is 0 Å². The van der Waals surface area contributed by atoms with E-state index in [1.807, 2.05) is 0 Å². The van der Waals surface area contributed by atoms with E-state index in [2.05, 4.69) is 6.92 Å². The van der Waals surface area contributed by atoms with Gasteiger partial charge in [0.15, 0.2) is 0 Å². The number of hydrogen-bond acceptors (Lipinski definition) is 4. The molecule has 8 heteroatoms. The molecule has 0 unspecified atom stereocenters. The Kier molecular flexibility index (Phi) is 8.21. The fourth-order valence-corrected chi connectivity index (χ4v) is 2.26. The van der Waals surface area contributed by atoms with Crippen molar-refractivity contribution in [2.24, 2.45) is 0 Å². The lowest BCUT2D eigenvalue weighted by molar-refractivity contribution is -0.0610. The highest BCUT2D eigenvalue weighted by Gasteiger charge is 2.22. The van der Waals surface area contributed by atoms with Crippen molar-refractivity contribution in [1.82, 2.24) is 5.06 Å². The highest BCUT2D eigenvalue weighted by atomic mass is 35.5. The average molecular weight is 353 g/mol. The molecule has 1 aromatic carbocycles. The quantitative estimate of drug-likeness (QED) is 0.306. The Morgan fingerprint density at radius 3 is 2.62 bits per heavy atom. The molecule has 0 radical (unpaired) electrons. The zero-order chi connectivity index (χ0) is 15.8. The lowest BCUT2D eigenvalue weighted by Crippen LogP contribution is -2.36. The number of nitrogens with zero attached hydrogens (tertiary/aromatic N) is 2. The van der Waals surface area contributed by atoms with Gasteiger partial charge in [-0.3, -0.25) is 9.02 Å². The summed E-state index contributed by atoms with van der Waals surface area (Å²) in [5.41, 5.74) is 0.555. The second-order valence-corrected chi connectivity index (χ2v) is 5.67. The Balaban J connectivity index is 2.89. The number of unbranched alkanes of at least 4 members (excludes halogenated alkanes) is 1. The van der Waals surface area contributed by atoms with Crippen molar-refractivity contribution in [1.29, 1.82) is 0 Å². The van der Waals surface area contributed by atoms with E-state index in [9.17, 15) is 4.79 Å². The molecule has 0 aliphatic carbocycles. The van der Waals surface area contributed by atoms with E-state index in [0.717, 1.165) is 30.1 Å². The molecular formula is C13H18Cl2N2O3S. The Morgan fingerprint density at radius 1 is 1.33 bits per heavy atom. The van der Waals surface area contributed by atoms with Gasteiger partial charge in [-0.25, -0.2) is 14.2 Å². The van der Waals surface area contributed by atoms with Crippen LogP contribution < -0.4 is 4.31 Å². The summed E-state index contributed by atoms with van der Waals surface area (Å²) in [6.45, 7) is 2.61. The summed E-state index contributed by atoms with van der Waals surface area (Å²) in [4.78, 5) is 17.2. The molecular weight excluding hydrogens is 335 g/mol. The van der Waals surface area contributed by atoms with Crippen LogP contribution in [0.25, 0.3) is 0 Å². The molecule has 0 aromatic heterocycles. The molecule has 0 heterocycles. The maximum absolute atomic E-state index is 12.3. The fraction of sp³-hybridized carbons (Fsp3) is 0.462. The summed E-state index contributed by atoms with van der Waals surface area (Å²) in [5.74, 6) is 0. The van der Waals surface area contributed by atoms with Gasteiger partial charge in [0.25, 0.3) is 0 Å². The van der Waals surface area contributed by atoms with Crippen molar-refractivity contribution in [3.05, 3.63) is 28.2 Å². The van der Waals surface area contributed by atoms with E-state index in [0.29, 0.717) is 22.3 Å². The normalized spacial score (nSPS) is 10.5. The van der Waals surface area contributed by atoms with Crippen LogP contribution >= 0.6 is 35.4 Å². The van der Waals surface area contributed by atoms with Crippen LogP contribution in [-0.4, -0.2) is 31.9 Å². The van der Waals surface area contributed by atoms with Crippen molar-refractivity contribution < 1.29 is 13.8 Å². The SMILES string of the molecule is CCCCOSN(C(=O)N(C)OC)c1ccc(Cl)c(Cl)c1. The van der Waals surface area contributed by atoms with Crippen LogP contribution in [0.4, 0.5) is 10.5 Å². The number of benzene rings is 1. The minimum atomic E-state index is -0.391. The maximum atomic E-state index is 12.3. The molecule has 21 heavy (non-hydrogen) atoms. The summed E-state index contributed by atoms with van der Waals surface area (Å²) >= 11 is 12.8. The van der Waals surface area contributed by atoms with E-state index in [1.54, 1.807) is 18.2 Å². The highest BCUT2D eigenvalue weighted by molar-refractivity contribution is 7.96. The largest absolute Gasteiger partial charge is 0.360 e. The van der Waals surface area contributed by atoms with Crippen LogP contribution in [-0.2, 0) is 9.02 Å². The van der Waals surface area contributed by atoms with E-state index in [-0.39, 0.29) is 0 Å². The van der Waals surface area contributed by atoms with Crippen molar-refractivity contribution in [3.8, 4) is 0 Å². The Labute approximate surface area is 139 Å². The molecule has 1 rings (SSSR count). The van der Waals surface area contributed by atoms with E-state index in [4.69, 9.17) is 32.2 Å². The second kappa shape index (κ2) is 9.38. The van der Waals surface area contributed by atoms with E-state index in [1.165, 1.54) is 18.5 Å². The third-order valence-corrected chi connectivity index (χ3v) is 4.09. The van der Waals surface area contributed by atoms with Crippen LogP contribution in [0.1, 0.15) is 19.8 Å².